The molecule has 5 heteroatoms. The van der Waals surface area contributed by atoms with E-state index in [9.17, 15) is 13.6 Å². The second-order valence-corrected chi connectivity index (χ2v) is 4.89. The van der Waals surface area contributed by atoms with Crippen LogP contribution in [0.2, 0.25) is 0 Å². The number of hydrogen-bond donors (Lipinski definition) is 0. The van der Waals surface area contributed by atoms with Crippen molar-refractivity contribution >= 4 is 0 Å². The highest BCUT2D eigenvalue weighted by Gasteiger charge is 2.44. The fourth-order valence-electron chi connectivity index (χ4n) is 2.53. The van der Waals surface area contributed by atoms with Gasteiger partial charge in [0.1, 0.15) is 11.4 Å². The molecule has 3 nitrogen and oxygen atoms in total. The maximum atomic E-state index is 14.3. The average molecular weight is 277 g/mol. The van der Waals surface area contributed by atoms with Crippen LogP contribution in [0.3, 0.4) is 0 Å². The molecule has 0 amide bonds. The molecule has 104 valence electrons. The number of aryl methyl sites for hydroxylation is 1. The van der Waals surface area contributed by atoms with Crippen LogP contribution in [0.5, 0.6) is 0 Å². The van der Waals surface area contributed by atoms with Crippen LogP contribution in [0.1, 0.15) is 17.5 Å². The van der Waals surface area contributed by atoms with E-state index in [-0.39, 0.29) is 11.4 Å². The van der Waals surface area contributed by atoms with Crippen molar-refractivity contribution in [2.75, 3.05) is 6.61 Å². The molecule has 3 rings (SSSR count). The molecule has 1 aromatic carbocycles. The molecule has 0 N–H and O–H groups in total. The molecule has 2 aromatic rings. The second-order valence-electron chi connectivity index (χ2n) is 4.89. The lowest BCUT2D eigenvalue weighted by Gasteiger charge is -2.42. The summed E-state index contributed by atoms with van der Waals surface area (Å²) >= 11 is 0. The van der Waals surface area contributed by atoms with Gasteiger partial charge in [-0.2, -0.15) is 0 Å². The van der Waals surface area contributed by atoms with E-state index in [1.54, 1.807) is 18.2 Å². The fourth-order valence-corrected chi connectivity index (χ4v) is 2.53. The molecule has 1 fully saturated rings. The van der Waals surface area contributed by atoms with E-state index in [1.807, 2.05) is 0 Å². The first-order valence-electron chi connectivity index (χ1n) is 6.30. The number of pyridine rings is 1. The molecule has 0 bridgehead atoms. The fraction of sp³-hybridized carbons (Fsp3) is 0.267. The van der Waals surface area contributed by atoms with Gasteiger partial charge in [-0.3, -0.25) is 4.79 Å². The Balaban J connectivity index is 2.17. The van der Waals surface area contributed by atoms with Gasteiger partial charge in [0.25, 0.3) is 5.56 Å². The Morgan fingerprint density at radius 2 is 1.85 bits per heavy atom. The van der Waals surface area contributed by atoms with Crippen molar-refractivity contribution < 1.29 is 13.5 Å². The molecule has 0 saturated carbocycles. The first-order valence-corrected chi connectivity index (χ1v) is 6.30. The van der Waals surface area contributed by atoms with Crippen molar-refractivity contribution in [3.63, 3.8) is 0 Å². The molecule has 20 heavy (non-hydrogen) atoms. The van der Waals surface area contributed by atoms with Crippen molar-refractivity contribution in [1.82, 2.24) is 4.57 Å². The number of aromatic nitrogens is 1. The van der Waals surface area contributed by atoms with Gasteiger partial charge in [-0.1, -0.05) is 12.1 Å². The first kappa shape index (κ1) is 13.0. The number of rotatable bonds is 2. The van der Waals surface area contributed by atoms with Gasteiger partial charge in [-0.15, -0.1) is 0 Å². The summed E-state index contributed by atoms with van der Waals surface area (Å²) in [6.45, 7) is 0.478. The Morgan fingerprint density at radius 3 is 2.40 bits per heavy atom. The van der Waals surface area contributed by atoms with E-state index in [2.05, 4.69) is 0 Å². The van der Waals surface area contributed by atoms with E-state index in [0.29, 0.717) is 18.6 Å². The Labute approximate surface area is 114 Å². The Hall–Kier alpha value is -2.01. The zero-order chi connectivity index (χ0) is 14.3. The smallest absolute Gasteiger partial charge is 0.286 e. The SMILES string of the molecule is Cn1ccc(C2(c3ccc(F)cc3)CCO2)c(F)c1=O. The van der Waals surface area contributed by atoms with Gasteiger partial charge in [-0.05, 0) is 23.8 Å². The molecule has 2 heterocycles. The van der Waals surface area contributed by atoms with Gasteiger partial charge in [0, 0.05) is 25.2 Å². The largest absolute Gasteiger partial charge is 0.365 e. The predicted molar refractivity (Wildman–Crippen MR) is 69.4 cm³/mol. The van der Waals surface area contributed by atoms with Gasteiger partial charge in [0.2, 0.25) is 0 Å². The molecular weight excluding hydrogens is 264 g/mol. The zero-order valence-corrected chi connectivity index (χ0v) is 10.9. The number of hydrogen-bond acceptors (Lipinski definition) is 2. The summed E-state index contributed by atoms with van der Waals surface area (Å²) in [4.78, 5) is 11.7. The number of ether oxygens (including phenoxy) is 1. The number of halogens is 2. The summed E-state index contributed by atoms with van der Waals surface area (Å²) in [5.41, 5.74) is -0.819. The summed E-state index contributed by atoms with van der Waals surface area (Å²) in [6, 6.07) is 7.27. The molecule has 1 aromatic heterocycles. The first-order chi connectivity index (χ1) is 9.54. The van der Waals surface area contributed by atoms with Crippen LogP contribution in [0.4, 0.5) is 8.78 Å². The summed E-state index contributed by atoms with van der Waals surface area (Å²) in [5, 5.41) is 0. The van der Waals surface area contributed by atoms with Gasteiger partial charge < -0.3 is 9.30 Å². The maximum Gasteiger partial charge on any atom is 0.286 e. The molecular formula is C15H13F2NO2. The Morgan fingerprint density at radius 1 is 1.20 bits per heavy atom. The highest BCUT2D eigenvalue weighted by molar-refractivity contribution is 5.38. The highest BCUT2D eigenvalue weighted by Crippen LogP contribution is 2.43. The van der Waals surface area contributed by atoms with E-state index < -0.39 is 17.0 Å². The minimum Gasteiger partial charge on any atom is -0.365 e. The van der Waals surface area contributed by atoms with Crippen LogP contribution in [-0.2, 0) is 17.4 Å². The van der Waals surface area contributed by atoms with Crippen molar-refractivity contribution in [2.45, 2.75) is 12.0 Å². The molecule has 1 saturated heterocycles. The maximum absolute atomic E-state index is 14.3. The third-order valence-electron chi connectivity index (χ3n) is 3.76. The predicted octanol–water partition coefficient (Wildman–Crippen LogP) is 2.33. The summed E-state index contributed by atoms with van der Waals surface area (Å²) in [6.07, 6.45) is 2.07. The zero-order valence-electron chi connectivity index (χ0n) is 10.9. The standard InChI is InChI=1S/C15H13F2NO2/c1-18-8-6-12(13(17)14(18)19)15(7-9-20-15)10-2-4-11(16)5-3-10/h2-6,8H,7,9H2,1H3. The third kappa shape index (κ3) is 1.78. The van der Waals surface area contributed by atoms with E-state index in [0.717, 1.165) is 0 Å². The Bertz CT molecular complexity index is 703. The summed E-state index contributed by atoms with van der Waals surface area (Å²) in [5.74, 6) is -1.19. The van der Waals surface area contributed by atoms with Gasteiger partial charge in [0.05, 0.1) is 6.61 Å². The number of nitrogens with zero attached hydrogens (tertiary/aromatic N) is 1. The monoisotopic (exact) mass is 277 g/mol. The lowest BCUT2D eigenvalue weighted by Crippen LogP contribution is -2.44. The van der Waals surface area contributed by atoms with Crippen molar-refractivity contribution in [3.8, 4) is 0 Å². The van der Waals surface area contributed by atoms with Crippen LogP contribution in [0.15, 0.2) is 41.3 Å². The van der Waals surface area contributed by atoms with Crippen molar-refractivity contribution in [2.24, 2.45) is 7.05 Å². The van der Waals surface area contributed by atoms with Crippen LogP contribution in [0.25, 0.3) is 0 Å². The summed E-state index contributed by atoms with van der Waals surface area (Å²) in [7, 11) is 1.49. The highest BCUT2D eigenvalue weighted by atomic mass is 19.1. The minimum absolute atomic E-state index is 0.207. The van der Waals surface area contributed by atoms with Crippen LogP contribution in [0, 0.1) is 11.6 Å². The lowest BCUT2D eigenvalue weighted by atomic mass is 9.80. The van der Waals surface area contributed by atoms with Crippen LogP contribution in [-0.4, -0.2) is 11.2 Å². The Kier molecular flexibility index (Phi) is 2.94. The normalized spacial score (nSPS) is 21.6. The second kappa shape index (κ2) is 4.52. The van der Waals surface area contributed by atoms with Crippen molar-refractivity contribution in [1.29, 1.82) is 0 Å². The van der Waals surface area contributed by atoms with Gasteiger partial charge in [0.15, 0.2) is 5.82 Å². The number of benzene rings is 1. The average Bonchev–Trinajstić information content (AvgIpc) is 2.39. The quantitative estimate of drug-likeness (QED) is 0.843. The van der Waals surface area contributed by atoms with E-state index >= 15 is 0 Å². The molecule has 0 spiro atoms. The van der Waals surface area contributed by atoms with Crippen LogP contribution >= 0.6 is 0 Å². The van der Waals surface area contributed by atoms with Crippen LogP contribution < -0.4 is 5.56 Å². The van der Waals surface area contributed by atoms with E-state index in [1.165, 1.54) is 29.9 Å². The summed E-state index contributed by atoms with van der Waals surface area (Å²) < 4.78 is 34.1. The molecule has 0 radical (unpaired) electrons. The van der Waals surface area contributed by atoms with Crippen molar-refractivity contribution in [3.05, 3.63) is 69.6 Å². The van der Waals surface area contributed by atoms with E-state index in [4.69, 9.17) is 4.74 Å². The molecule has 1 aliphatic rings. The molecule has 1 aliphatic heterocycles. The lowest BCUT2D eigenvalue weighted by molar-refractivity contribution is -0.125. The molecule has 0 aliphatic carbocycles. The molecule has 1 atom stereocenters. The van der Waals surface area contributed by atoms with Gasteiger partial charge >= 0.3 is 0 Å². The topological polar surface area (TPSA) is 31.2 Å². The third-order valence-corrected chi connectivity index (χ3v) is 3.76. The minimum atomic E-state index is -0.981. The molecule has 1 unspecified atom stereocenters. The van der Waals surface area contributed by atoms with Gasteiger partial charge in [-0.25, -0.2) is 8.78 Å².